The van der Waals surface area contributed by atoms with E-state index in [1.807, 2.05) is 31.2 Å². The average Bonchev–Trinajstić information content (AvgIpc) is 3.18. The average molecular weight is 381 g/mol. The number of furan rings is 1. The molecule has 3 aromatic rings. The van der Waals surface area contributed by atoms with E-state index in [2.05, 4.69) is 5.32 Å². The molecule has 4 rings (SSSR count). The minimum Gasteiger partial charge on any atom is -0.465 e. The fourth-order valence-corrected chi connectivity index (χ4v) is 5.23. The van der Waals surface area contributed by atoms with Crippen molar-refractivity contribution < 1.29 is 14.0 Å². The molecule has 1 amide bonds. The Labute approximate surface area is 159 Å². The minimum atomic E-state index is -1.30. The summed E-state index contributed by atoms with van der Waals surface area (Å²) in [5.74, 6) is 0.0935. The number of fused-ring (bicyclic) bond motifs is 1. The van der Waals surface area contributed by atoms with E-state index in [0.29, 0.717) is 11.3 Å². The number of hydrogen-bond acceptors (Lipinski definition) is 5. The van der Waals surface area contributed by atoms with Gasteiger partial charge in [0.25, 0.3) is 5.91 Å². The van der Waals surface area contributed by atoms with Gasteiger partial charge < -0.3 is 9.73 Å². The van der Waals surface area contributed by atoms with E-state index in [-0.39, 0.29) is 11.0 Å². The van der Waals surface area contributed by atoms with Gasteiger partial charge in [-0.25, -0.2) is 0 Å². The van der Waals surface area contributed by atoms with E-state index >= 15 is 0 Å². The minimum absolute atomic E-state index is 0.182. The maximum Gasteiger partial charge on any atom is 0.253 e. The highest BCUT2D eigenvalue weighted by Gasteiger charge is 2.49. The van der Waals surface area contributed by atoms with Crippen molar-refractivity contribution in [2.75, 3.05) is 0 Å². The molecule has 2 aromatic carbocycles. The molecule has 0 saturated heterocycles. The molecule has 1 unspecified atom stereocenters. The van der Waals surface area contributed by atoms with Crippen molar-refractivity contribution in [2.45, 2.75) is 21.6 Å². The maximum atomic E-state index is 13.1. The summed E-state index contributed by atoms with van der Waals surface area (Å²) >= 11 is 2.44. The summed E-state index contributed by atoms with van der Waals surface area (Å²) < 4.78 is 5.56. The number of rotatable bonds is 3. The highest BCUT2D eigenvalue weighted by molar-refractivity contribution is 8.18. The number of hydrogen-bond donors (Lipinski definition) is 1. The van der Waals surface area contributed by atoms with Crippen molar-refractivity contribution in [1.29, 1.82) is 0 Å². The first kappa shape index (κ1) is 17.0. The first-order valence-corrected chi connectivity index (χ1v) is 9.65. The third-order valence-electron chi connectivity index (χ3n) is 4.05. The first-order chi connectivity index (χ1) is 12.6. The number of carbonyl (C=O) groups is 2. The SMILES string of the molecule is Cc1ccc2c(c1)SC(NC(=O)c1ccccc1)(c1ccco1)C(=O)S2. The van der Waals surface area contributed by atoms with Crippen LogP contribution in [0.3, 0.4) is 0 Å². The zero-order chi connectivity index (χ0) is 18.1. The monoisotopic (exact) mass is 381 g/mol. The van der Waals surface area contributed by atoms with Gasteiger partial charge in [-0.15, -0.1) is 0 Å². The Kier molecular flexibility index (Phi) is 4.38. The summed E-state index contributed by atoms with van der Waals surface area (Å²) in [5.41, 5.74) is 1.58. The molecule has 0 aliphatic carbocycles. The normalized spacial score (nSPS) is 19.0. The van der Waals surface area contributed by atoms with E-state index in [1.165, 1.54) is 18.0 Å². The molecule has 0 saturated carbocycles. The zero-order valence-electron chi connectivity index (χ0n) is 13.9. The second-order valence-corrected chi connectivity index (χ2v) is 8.19. The van der Waals surface area contributed by atoms with Gasteiger partial charge in [-0.1, -0.05) is 36.0 Å². The van der Waals surface area contributed by atoms with Gasteiger partial charge in [0.05, 0.1) is 6.26 Å². The lowest BCUT2D eigenvalue weighted by Gasteiger charge is -2.34. The largest absolute Gasteiger partial charge is 0.465 e. The molecule has 1 aliphatic heterocycles. The van der Waals surface area contributed by atoms with E-state index in [4.69, 9.17) is 4.42 Å². The van der Waals surface area contributed by atoms with Crippen LogP contribution in [0.15, 0.2) is 81.1 Å². The lowest BCUT2D eigenvalue weighted by atomic mass is 10.1. The smallest absolute Gasteiger partial charge is 0.253 e. The predicted octanol–water partition coefficient (Wildman–Crippen LogP) is 4.60. The summed E-state index contributed by atoms with van der Waals surface area (Å²) in [6.45, 7) is 2.00. The molecule has 0 radical (unpaired) electrons. The molecule has 1 atom stereocenters. The molecule has 130 valence electrons. The Balaban J connectivity index is 1.78. The second-order valence-electron chi connectivity index (χ2n) is 5.92. The standard InChI is InChI=1S/C20H15NO3S2/c1-13-9-10-15-16(12-13)26-20(19(23)25-15,17-8-5-11-24-17)21-18(22)14-6-3-2-4-7-14/h2-12H,1H3,(H,21,22). The molecule has 0 fully saturated rings. The zero-order valence-corrected chi connectivity index (χ0v) is 15.5. The highest BCUT2D eigenvalue weighted by Crippen LogP contribution is 2.52. The van der Waals surface area contributed by atoms with Crippen molar-refractivity contribution in [3.05, 3.63) is 83.8 Å². The van der Waals surface area contributed by atoms with Crippen LogP contribution in [-0.4, -0.2) is 11.0 Å². The van der Waals surface area contributed by atoms with Gasteiger partial charge in [0.2, 0.25) is 9.99 Å². The summed E-state index contributed by atoms with van der Waals surface area (Å²) in [4.78, 5) is 26.4. The Morgan fingerprint density at radius 1 is 1.04 bits per heavy atom. The molecule has 4 nitrogen and oxygen atoms in total. The van der Waals surface area contributed by atoms with Crippen LogP contribution in [0.1, 0.15) is 21.7 Å². The van der Waals surface area contributed by atoms with Gasteiger partial charge >= 0.3 is 0 Å². The number of benzene rings is 2. The van der Waals surface area contributed by atoms with Crippen LogP contribution in [-0.2, 0) is 9.67 Å². The molecule has 1 aromatic heterocycles. The molecule has 0 bridgehead atoms. The molecule has 1 N–H and O–H groups in total. The fraction of sp³-hybridized carbons (Fsp3) is 0.100. The van der Waals surface area contributed by atoms with Crippen LogP contribution in [0.4, 0.5) is 0 Å². The number of amides is 1. The Bertz CT molecular complexity index is 970. The van der Waals surface area contributed by atoms with E-state index in [1.54, 1.807) is 36.4 Å². The quantitative estimate of drug-likeness (QED) is 0.719. The molecule has 1 aliphatic rings. The molecule has 26 heavy (non-hydrogen) atoms. The second kappa shape index (κ2) is 6.70. The third-order valence-corrected chi connectivity index (χ3v) is 6.72. The van der Waals surface area contributed by atoms with Crippen molar-refractivity contribution >= 4 is 34.5 Å². The van der Waals surface area contributed by atoms with Gasteiger partial charge in [0.15, 0.2) is 0 Å². The Hall–Kier alpha value is -2.44. The van der Waals surface area contributed by atoms with E-state index in [0.717, 1.165) is 27.1 Å². The number of carbonyl (C=O) groups excluding carboxylic acids is 2. The van der Waals surface area contributed by atoms with Crippen molar-refractivity contribution in [3.8, 4) is 0 Å². The highest BCUT2D eigenvalue weighted by atomic mass is 32.2. The lowest BCUT2D eigenvalue weighted by molar-refractivity contribution is -0.114. The van der Waals surface area contributed by atoms with Crippen molar-refractivity contribution in [1.82, 2.24) is 5.32 Å². The number of nitrogens with one attached hydrogen (secondary N) is 1. The summed E-state index contributed by atoms with van der Waals surface area (Å²) in [6, 6.07) is 18.2. The van der Waals surface area contributed by atoms with Gasteiger partial charge in [0.1, 0.15) is 5.76 Å². The summed E-state index contributed by atoms with van der Waals surface area (Å²) in [7, 11) is 0. The van der Waals surface area contributed by atoms with Crippen molar-refractivity contribution in [3.63, 3.8) is 0 Å². The van der Waals surface area contributed by atoms with Crippen LogP contribution in [0.2, 0.25) is 0 Å². The van der Waals surface area contributed by atoms with Crippen LogP contribution >= 0.6 is 23.5 Å². The number of thioether (sulfide) groups is 2. The number of aryl methyl sites for hydroxylation is 1. The summed E-state index contributed by atoms with van der Waals surface area (Å²) in [6.07, 6.45) is 1.51. The maximum absolute atomic E-state index is 13.1. The molecule has 6 heteroatoms. The van der Waals surface area contributed by atoms with Crippen LogP contribution in [0.5, 0.6) is 0 Å². The van der Waals surface area contributed by atoms with E-state index < -0.39 is 4.87 Å². The van der Waals surface area contributed by atoms with Gasteiger partial charge in [0, 0.05) is 15.4 Å². The fourth-order valence-electron chi connectivity index (χ4n) is 2.75. The van der Waals surface area contributed by atoms with E-state index in [9.17, 15) is 9.59 Å². The van der Waals surface area contributed by atoms with Crippen molar-refractivity contribution in [2.24, 2.45) is 0 Å². The molecule has 0 spiro atoms. The van der Waals surface area contributed by atoms with Gasteiger partial charge in [-0.3, -0.25) is 9.59 Å². The van der Waals surface area contributed by atoms with Crippen LogP contribution in [0, 0.1) is 6.92 Å². The molecular weight excluding hydrogens is 366 g/mol. The predicted molar refractivity (Wildman–Crippen MR) is 102 cm³/mol. The Morgan fingerprint density at radius 3 is 2.58 bits per heavy atom. The lowest BCUT2D eigenvalue weighted by Crippen LogP contribution is -2.49. The first-order valence-electron chi connectivity index (χ1n) is 8.02. The van der Waals surface area contributed by atoms with Crippen LogP contribution < -0.4 is 5.32 Å². The summed E-state index contributed by atoms with van der Waals surface area (Å²) in [5, 5.41) is 2.74. The third kappa shape index (κ3) is 2.95. The molecular formula is C20H15NO3S2. The van der Waals surface area contributed by atoms with Gasteiger partial charge in [-0.05, 0) is 60.6 Å². The van der Waals surface area contributed by atoms with Gasteiger partial charge in [-0.2, -0.15) is 0 Å². The Morgan fingerprint density at radius 2 is 1.85 bits per heavy atom. The topological polar surface area (TPSA) is 59.3 Å². The molecule has 2 heterocycles. The van der Waals surface area contributed by atoms with Crippen LogP contribution in [0.25, 0.3) is 0 Å².